The monoisotopic (exact) mass is 335 g/mol. The van der Waals surface area contributed by atoms with Crippen molar-refractivity contribution in [2.24, 2.45) is 0 Å². The molecule has 0 bridgehead atoms. The molecule has 1 aliphatic heterocycles. The van der Waals surface area contributed by atoms with E-state index in [9.17, 15) is 4.79 Å². The lowest BCUT2D eigenvalue weighted by atomic mass is 10.2. The van der Waals surface area contributed by atoms with Crippen molar-refractivity contribution in [3.05, 3.63) is 29.8 Å². The zero-order valence-corrected chi connectivity index (χ0v) is 14.8. The average molecular weight is 335 g/mol. The van der Waals surface area contributed by atoms with Crippen LogP contribution in [0.5, 0.6) is 5.75 Å². The number of hydrogen-bond donors (Lipinski definition) is 1. The van der Waals surface area contributed by atoms with Gasteiger partial charge < -0.3 is 14.8 Å². The lowest BCUT2D eigenvalue weighted by Gasteiger charge is -2.34. The third kappa shape index (κ3) is 6.86. The number of hydrogen-bond acceptors (Lipinski definition) is 5. The fourth-order valence-electron chi connectivity index (χ4n) is 2.60. The maximum atomic E-state index is 11.4. The zero-order valence-electron chi connectivity index (χ0n) is 14.8. The van der Waals surface area contributed by atoms with Crippen LogP contribution in [0.3, 0.4) is 0 Å². The van der Waals surface area contributed by atoms with Crippen LogP contribution in [0.1, 0.15) is 5.56 Å². The SMILES string of the molecule is CNC(=O)CN1CCN(CCOCCOc2ccc(C)cc2)CC1. The molecule has 0 radical (unpaired) electrons. The van der Waals surface area contributed by atoms with Crippen LogP contribution in [-0.4, -0.2) is 81.8 Å². The van der Waals surface area contributed by atoms with Crippen LogP contribution in [0, 0.1) is 6.92 Å². The molecule has 1 N–H and O–H groups in total. The number of nitrogens with one attached hydrogen (secondary N) is 1. The van der Waals surface area contributed by atoms with Gasteiger partial charge in [-0.2, -0.15) is 0 Å². The third-order valence-corrected chi connectivity index (χ3v) is 4.18. The standard InChI is InChI=1S/C18H29N3O3/c1-16-3-5-17(6-4-16)24-14-13-23-12-11-20-7-9-21(10-8-20)15-18(22)19-2/h3-6H,7-15H2,1-2H3,(H,19,22). The van der Waals surface area contributed by atoms with E-state index in [1.54, 1.807) is 7.05 Å². The summed E-state index contributed by atoms with van der Waals surface area (Å²) < 4.78 is 11.3. The summed E-state index contributed by atoms with van der Waals surface area (Å²) in [5, 5.41) is 2.67. The summed E-state index contributed by atoms with van der Waals surface area (Å²) in [6.45, 7) is 9.22. The second-order valence-electron chi connectivity index (χ2n) is 6.06. The molecule has 0 aliphatic carbocycles. The summed E-state index contributed by atoms with van der Waals surface area (Å²) in [6.07, 6.45) is 0. The lowest BCUT2D eigenvalue weighted by Crippen LogP contribution is -2.49. The van der Waals surface area contributed by atoms with Gasteiger partial charge in [-0.1, -0.05) is 17.7 Å². The molecule has 1 aromatic carbocycles. The number of carbonyl (C=O) groups excluding carboxylic acids is 1. The Bertz CT molecular complexity index is 485. The first-order valence-electron chi connectivity index (χ1n) is 8.60. The highest BCUT2D eigenvalue weighted by atomic mass is 16.5. The molecular formula is C18H29N3O3. The average Bonchev–Trinajstić information content (AvgIpc) is 2.61. The van der Waals surface area contributed by atoms with Crippen molar-refractivity contribution in [3.63, 3.8) is 0 Å². The van der Waals surface area contributed by atoms with Gasteiger partial charge in [0.2, 0.25) is 5.91 Å². The van der Waals surface area contributed by atoms with Crippen molar-refractivity contribution < 1.29 is 14.3 Å². The molecule has 0 atom stereocenters. The van der Waals surface area contributed by atoms with E-state index in [-0.39, 0.29) is 5.91 Å². The molecule has 2 rings (SSSR count). The highest BCUT2D eigenvalue weighted by Gasteiger charge is 2.17. The van der Waals surface area contributed by atoms with Gasteiger partial charge in [0.25, 0.3) is 0 Å². The van der Waals surface area contributed by atoms with E-state index >= 15 is 0 Å². The van der Waals surface area contributed by atoms with E-state index in [1.807, 2.05) is 24.3 Å². The Morgan fingerprint density at radius 2 is 1.71 bits per heavy atom. The van der Waals surface area contributed by atoms with Crippen LogP contribution >= 0.6 is 0 Å². The number of amides is 1. The first-order chi connectivity index (χ1) is 11.7. The Kier molecular flexibility index (Phi) is 8.01. The summed E-state index contributed by atoms with van der Waals surface area (Å²) in [4.78, 5) is 15.9. The second-order valence-corrected chi connectivity index (χ2v) is 6.06. The van der Waals surface area contributed by atoms with E-state index < -0.39 is 0 Å². The topological polar surface area (TPSA) is 54.0 Å². The normalized spacial score (nSPS) is 16.1. The molecule has 0 aromatic heterocycles. The van der Waals surface area contributed by atoms with E-state index in [0.717, 1.165) is 38.5 Å². The van der Waals surface area contributed by atoms with Crippen molar-refractivity contribution in [2.75, 3.05) is 66.1 Å². The van der Waals surface area contributed by atoms with Crippen LogP contribution in [0.2, 0.25) is 0 Å². The van der Waals surface area contributed by atoms with Gasteiger partial charge >= 0.3 is 0 Å². The Morgan fingerprint density at radius 1 is 1.04 bits per heavy atom. The molecule has 134 valence electrons. The van der Waals surface area contributed by atoms with Gasteiger partial charge in [0.1, 0.15) is 12.4 Å². The molecule has 0 saturated carbocycles. The van der Waals surface area contributed by atoms with Crippen molar-refractivity contribution in [1.82, 2.24) is 15.1 Å². The van der Waals surface area contributed by atoms with Crippen molar-refractivity contribution >= 4 is 5.91 Å². The number of likely N-dealkylation sites (N-methyl/N-ethyl adjacent to an activating group) is 1. The minimum absolute atomic E-state index is 0.0837. The molecular weight excluding hydrogens is 306 g/mol. The summed E-state index contributed by atoms with van der Waals surface area (Å²) in [5.41, 5.74) is 1.23. The van der Waals surface area contributed by atoms with Gasteiger partial charge in [0.05, 0.1) is 19.8 Å². The van der Waals surface area contributed by atoms with Gasteiger partial charge in [0.15, 0.2) is 0 Å². The Balaban J connectivity index is 1.48. The lowest BCUT2D eigenvalue weighted by molar-refractivity contribution is -0.122. The summed E-state index contributed by atoms with van der Waals surface area (Å²) in [6, 6.07) is 8.04. The number of benzene rings is 1. The van der Waals surface area contributed by atoms with Gasteiger partial charge in [-0.15, -0.1) is 0 Å². The summed E-state index contributed by atoms with van der Waals surface area (Å²) >= 11 is 0. The fourth-order valence-corrected chi connectivity index (χ4v) is 2.60. The molecule has 1 aromatic rings. The van der Waals surface area contributed by atoms with Gasteiger partial charge in [-0.05, 0) is 19.1 Å². The first kappa shape index (κ1) is 18.7. The molecule has 6 heteroatoms. The minimum Gasteiger partial charge on any atom is -0.491 e. The van der Waals surface area contributed by atoms with Crippen molar-refractivity contribution in [3.8, 4) is 5.75 Å². The number of piperazine rings is 1. The molecule has 24 heavy (non-hydrogen) atoms. The van der Waals surface area contributed by atoms with E-state index in [2.05, 4.69) is 22.0 Å². The van der Waals surface area contributed by atoms with Crippen LogP contribution in [0.25, 0.3) is 0 Å². The predicted octanol–water partition coefficient (Wildman–Crippen LogP) is 0.754. The van der Waals surface area contributed by atoms with Crippen LogP contribution in [0.4, 0.5) is 0 Å². The van der Waals surface area contributed by atoms with Crippen LogP contribution < -0.4 is 10.1 Å². The van der Waals surface area contributed by atoms with Crippen molar-refractivity contribution in [1.29, 1.82) is 0 Å². The molecule has 0 spiro atoms. The maximum absolute atomic E-state index is 11.4. The number of nitrogens with zero attached hydrogens (tertiary/aromatic N) is 2. The number of carbonyl (C=O) groups is 1. The van der Waals surface area contributed by atoms with Gasteiger partial charge in [0, 0.05) is 39.8 Å². The first-order valence-corrected chi connectivity index (χ1v) is 8.60. The second kappa shape index (κ2) is 10.3. The molecule has 0 unspecified atom stereocenters. The number of rotatable bonds is 9. The van der Waals surface area contributed by atoms with Crippen LogP contribution in [0.15, 0.2) is 24.3 Å². The highest BCUT2D eigenvalue weighted by Crippen LogP contribution is 2.10. The molecule has 1 saturated heterocycles. The Morgan fingerprint density at radius 3 is 2.38 bits per heavy atom. The fraction of sp³-hybridized carbons (Fsp3) is 0.611. The molecule has 1 heterocycles. The minimum atomic E-state index is 0.0837. The van der Waals surface area contributed by atoms with E-state index in [4.69, 9.17) is 9.47 Å². The third-order valence-electron chi connectivity index (χ3n) is 4.18. The molecule has 1 fully saturated rings. The highest BCUT2D eigenvalue weighted by molar-refractivity contribution is 5.77. The molecule has 6 nitrogen and oxygen atoms in total. The van der Waals surface area contributed by atoms with Crippen molar-refractivity contribution in [2.45, 2.75) is 6.92 Å². The quantitative estimate of drug-likeness (QED) is 0.675. The largest absolute Gasteiger partial charge is 0.491 e. The molecule has 1 amide bonds. The zero-order chi connectivity index (χ0) is 17.2. The summed E-state index contributed by atoms with van der Waals surface area (Å²) in [5.74, 6) is 0.969. The van der Waals surface area contributed by atoms with Gasteiger partial charge in [-0.3, -0.25) is 14.6 Å². The van der Waals surface area contributed by atoms with E-state index in [0.29, 0.717) is 26.4 Å². The van der Waals surface area contributed by atoms with Gasteiger partial charge in [-0.25, -0.2) is 0 Å². The predicted molar refractivity (Wildman–Crippen MR) is 94.4 cm³/mol. The number of ether oxygens (including phenoxy) is 2. The molecule has 1 aliphatic rings. The number of aryl methyl sites for hydroxylation is 1. The van der Waals surface area contributed by atoms with E-state index in [1.165, 1.54) is 5.56 Å². The van der Waals surface area contributed by atoms with Crippen LogP contribution in [-0.2, 0) is 9.53 Å². The summed E-state index contributed by atoms with van der Waals surface area (Å²) in [7, 11) is 1.68. The maximum Gasteiger partial charge on any atom is 0.233 e. The smallest absolute Gasteiger partial charge is 0.233 e. The Labute approximate surface area is 144 Å². The Hall–Kier alpha value is -1.63.